The first kappa shape index (κ1) is 19.3. The van der Waals surface area contributed by atoms with E-state index in [0.29, 0.717) is 19.4 Å². The summed E-state index contributed by atoms with van der Waals surface area (Å²) in [6, 6.07) is 6.44. The number of rotatable bonds is 4. The predicted molar refractivity (Wildman–Crippen MR) is 100 cm³/mol. The van der Waals surface area contributed by atoms with Gasteiger partial charge in [0.2, 0.25) is 5.91 Å². The lowest BCUT2D eigenvalue weighted by molar-refractivity contribution is -0.131. The third-order valence-electron chi connectivity index (χ3n) is 5.12. The minimum absolute atomic E-state index is 0.0282. The number of carbonyl (C=O) groups is 1. The smallest absolute Gasteiger partial charge is 0.342 e. The highest BCUT2D eigenvalue weighted by atomic mass is 32.2. The summed E-state index contributed by atoms with van der Waals surface area (Å²) in [7, 11) is 0.183. The molecule has 0 bridgehead atoms. The van der Waals surface area contributed by atoms with Crippen LogP contribution in [0.5, 0.6) is 0 Å². The van der Waals surface area contributed by atoms with Crippen molar-refractivity contribution in [3.63, 3.8) is 0 Å². The van der Waals surface area contributed by atoms with Crippen LogP contribution in [0.2, 0.25) is 0 Å². The van der Waals surface area contributed by atoms with E-state index in [-0.39, 0.29) is 29.0 Å². The maximum atomic E-state index is 12.7. The van der Waals surface area contributed by atoms with Gasteiger partial charge in [-0.25, -0.2) is 17.9 Å². The maximum Gasteiger partial charge on any atom is 0.345 e. The molecule has 8 nitrogen and oxygen atoms in total. The first-order valence-corrected chi connectivity index (χ1v) is 10.7. The number of carbonyl (C=O) groups excluding carboxylic acids is 1. The lowest BCUT2D eigenvalue weighted by Crippen LogP contribution is -2.38. The van der Waals surface area contributed by atoms with Crippen molar-refractivity contribution in [2.24, 2.45) is 7.05 Å². The molecule has 0 N–H and O–H groups in total. The zero-order valence-corrected chi connectivity index (χ0v) is 16.6. The van der Waals surface area contributed by atoms with Gasteiger partial charge in [-0.15, -0.1) is 0 Å². The van der Waals surface area contributed by atoms with Crippen LogP contribution >= 0.6 is 0 Å². The van der Waals surface area contributed by atoms with Crippen molar-refractivity contribution in [3.05, 3.63) is 46.1 Å². The quantitative estimate of drug-likeness (QED) is 0.750. The van der Waals surface area contributed by atoms with Crippen molar-refractivity contribution in [1.82, 2.24) is 19.2 Å². The number of hydrogen-bond acceptors (Lipinski definition) is 5. The summed E-state index contributed by atoms with van der Waals surface area (Å²) in [6.45, 7) is 0.549. The van der Waals surface area contributed by atoms with E-state index in [0.717, 1.165) is 24.1 Å². The Bertz CT molecular complexity index is 1000. The van der Waals surface area contributed by atoms with Crippen LogP contribution < -0.4 is 5.69 Å². The van der Waals surface area contributed by atoms with Crippen LogP contribution in [0.1, 0.15) is 24.2 Å². The fourth-order valence-corrected chi connectivity index (χ4v) is 4.06. The van der Waals surface area contributed by atoms with Crippen LogP contribution in [-0.2, 0) is 41.1 Å². The Morgan fingerprint density at radius 2 is 1.93 bits per heavy atom. The number of sulfone groups is 1. The van der Waals surface area contributed by atoms with Crippen molar-refractivity contribution in [2.45, 2.75) is 43.2 Å². The van der Waals surface area contributed by atoms with Crippen LogP contribution in [0.25, 0.3) is 0 Å². The lowest BCUT2D eigenvalue weighted by atomic mass is 10.1. The molecule has 3 rings (SSSR count). The number of aryl methyl sites for hydroxylation is 2. The highest BCUT2D eigenvalue weighted by Gasteiger charge is 2.25. The molecular weight excluding hydrogens is 368 g/mol. The molecule has 1 aliphatic rings. The topological polar surface area (TPSA) is 94.3 Å². The van der Waals surface area contributed by atoms with Gasteiger partial charge in [0.15, 0.2) is 9.84 Å². The molecule has 0 aliphatic carbocycles. The molecule has 1 unspecified atom stereocenters. The summed E-state index contributed by atoms with van der Waals surface area (Å²) in [5.74, 6) is 0.738. The first-order chi connectivity index (χ1) is 12.7. The molecule has 0 fully saturated rings. The fourth-order valence-electron chi connectivity index (χ4n) is 3.43. The zero-order chi connectivity index (χ0) is 19.8. The number of nitrogens with zero attached hydrogens (tertiary/aromatic N) is 4. The molecule has 9 heteroatoms. The summed E-state index contributed by atoms with van der Waals surface area (Å²) in [4.78, 5) is 26.7. The predicted octanol–water partition coefficient (Wildman–Crippen LogP) is 0.391. The van der Waals surface area contributed by atoms with Crippen LogP contribution in [0.4, 0.5) is 0 Å². The molecule has 0 saturated heterocycles. The molecule has 1 atom stereocenters. The van der Waals surface area contributed by atoms with Gasteiger partial charge in [0, 0.05) is 39.4 Å². The Labute approximate surface area is 158 Å². The van der Waals surface area contributed by atoms with Gasteiger partial charge in [0.1, 0.15) is 5.82 Å². The standard InChI is InChI=1S/C18H24N4O4S/c1-20(14-6-9-16-19-21(2)18(24)22(16)11-10-14)17(23)12-13-4-7-15(8-5-13)27(3,25)26/h4-5,7-8,14H,6,9-12H2,1-3H3. The molecular formula is C18H24N4O4S. The van der Waals surface area contributed by atoms with Gasteiger partial charge in [-0.05, 0) is 30.5 Å². The van der Waals surface area contributed by atoms with E-state index in [1.807, 2.05) is 0 Å². The van der Waals surface area contributed by atoms with Gasteiger partial charge in [-0.2, -0.15) is 5.10 Å². The molecule has 0 radical (unpaired) electrons. The van der Waals surface area contributed by atoms with E-state index >= 15 is 0 Å². The van der Waals surface area contributed by atoms with E-state index in [1.54, 1.807) is 35.7 Å². The average Bonchev–Trinajstić information content (AvgIpc) is 2.77. The molecule has 0 spiro atoms. The van der Waals surface area contributed by atoms with E-state index in [2.05, 4.69) is 5.10 Å². The Morgan fingerprint density at radius 1 is 1.26 bits per heavy atom. The van der Waals surface area contributed by atoms with Crippen molar-refractivity contribution >= 4 is 15.7 Å². The molecule has 1 aliphatic heterocycles. The van der Waals surface area contributed by atoms with Crippen molar-refractivity contribution in [3.8, 4) is 0 Å². The largest absolute Gasteiger partial charge is 0.345 e. The minimum Gasteiger partial charge on any atom is -0.342 e. The fraction of sp³-hybridized carbons (Fsp3) is 0.500. The number of hydrogen-bond donors (Lipinski definition) is 0. The first-order valence-electron chi connectivity index (χ1n) is 8.84. The van der Waals surface area contributed by atoms with Crippen LogP contribution in [0.3, 0.4) is 0 Å². The van der Waals surface area contributed by atoms with E-state index in [9.17, 15) is 18.0 Å². The summed E-state index contributed by atoms with van der Waals surface area (Å²) >= 11 is 0. The second-order valence-electron chi connectivity index (χ2n) is 7.05. The molecule has 27 heavy (non-hydrogen) atoms. The normalized spacial score (nSPS) is 17.2. The monoisotopic (exact) mass is 392 g/mol. The Balaban J connectivity index is 1.65. The number of benzene rings is 1. The summed E-state index contributed by atoms with van der Waals surface area (Å²) in [5, 5.41) is 4.26. The van der Waals surface area contributed by atoms with E-state index in [1.165, 1.54) is 16.8 Å². The van der Waals surface area contributed by atoms with Gasteiger partial charge in [-0.1, -0.05) is 12.1 Å². The van der Waals surface area contributed by atoms with Crippen LogP contribution in [0, 0.1) is 0 Å². The number of aromatic nitrogens is 3. The summed E-state index contributed by atoms with van der Waals surface area (Å²) in [6.07, 6.45) is 3.48. The molecule has 0 saturated carbocycles. The van der Waals surface area contributed by atoms with E-state index in [4.69, 9.17) is 0 Å². The van der Waals surface area contributed by atoms with E-state index < -0.39 is 9.84 Å². The van der Waals surface area contributed by atoms with Crippen LogP contribution in [0.15, 0.2) is 34.0 Å². The second-order valence-corrected chi connectivity index (χ2v) is 9.07. The molecule has 2 aromatic rings. The Morgan fingerprint density at radius 3 is 2.56 bits per heavy atom. The molecule has 146 valence electrons. The van der Waals surface area contributed by atoms with Gasteiger partial charge in [-0.3, -0.25) is 9.36 Å². The SMILES string of the molecule is CN(C(=O)Cc1ccc(S(C)(=O)=O)cc1)C1CCc2nn(C)c(=O)n2CC1. The van der Waals surface area contributed by atoms with Gasteiger partial charge in [0.05, 0.1) is 11.3 Å². The third kappa shape index (κ3) is 4.13. The zero-order valence-electron chi connectivity index (χ0n) is 15.8. The van der Waals surface area contributed by atoms with Crippen molar-refractivity contribution in [2.75, 3.05) is 13.3 Å². The maximum absolute atomic E-state index is 12.7. The Kier molecular flexibility index (Phi) is 5.23. The average molecular weight is 392 g/mol. The van der Waals surface area contributed by atoms with Crippen molar-refractivity contribution in [1.29, 1.82) is 0 Å². The van der Waals surface area contributed by atoms with Crippen molar-refractivity contribution < 1.29 is 13.2 Å². The lowest BCUT2D eigenvalue weighted by Gasteiger charge is -2.27. The Hall–Kier alpha value is -2.42. The summed E-state index contributed by atoms with van der Waals surface area (Å²) in [5.41, 5.74) is 0.653. The molecule has 1 aromatic carbocycles. The van der Waals surface area contributed by atoms with Gasteiger partial charge in [0.25, 0.3) is 0 Å². The number of likely N-dealkylation sites (N-methyl/N-ethyl adjacent to an activating group) is 1. The highest BCUT2D eigenvalue weighted by molar-refractivity contribution is 7.90. The van der Waals surface area contributed by atoms with Gasteiger partial charge < -0.3 is 4.90 Å². The number of fused-ring (bicyclic) bond motifs is 1. The van der Waals surface area contributed by atoms with Crippen LogP contribution in [-0.4, -0.2) is 52.9 Å². The minimum atomic E-state index is -3.24. The third-order valence-corrected chi connectivity index (χ3v) is 6.25. The molecule has 2 heterocycles. The highest BCUT2D eigenvalue weighted by Crippen LogP contribution is 2.18. The van der Waals surface area contributed by atoms with Gasteiger partial charge >= 0.3 is 5.69 Å². The molecule has 1 aromatic heterocycles. The molecule has 1 amide bonds. The number of amides is 1. The second kappa shape index (κ2) is 7.30. The summed E-state index contributed by atoms with van der Waals surface area (Å²) < 4.78 is 26.1.